The van der Waals surface area contributed by atoms with Gasteiger partial charge in [0, 0.05) is 17.0 Å². The van der Waals surface area contributed by atoms with Gasteiger partial charge in [0.15, 0.2) is 0 Å². The van der Waals surface area contributed by atoms with Crippen LogP contribution in [0.15, 0.2) is 16.2 Å². The van der Waals surface area contributed by atoms with Crippen LogP contribution in [-0.4, -0.2) is 22.7 Å². The topological polar surface area (TPSA) is 84.1 Å². The highest BCUT2D eigenvalue weighted by Crippen LogP contribution is 2.33. The minimum atomic E-state index is -0.233. The Morgan fingerprint density at radius 2 is 2.24 bits per heavy atom. The molecule has 0 aromatic carbocycles. The van der Waals surface area contributed by atoms with Crippen LogP contribution in [-0.2, 0) is 35.3 Å². The Morgan fingerprint density at radius 3 is 3.00 bits per heavy atom. The molecule has 0 aliphatic carbocycles. The van der Waals surface area contributed by atoms with Crippen molar-refractivity contribution < 1.29 is 9.53 Å². The van der Waals surface area contributed by atoms with Gasteiger partial charge in [-0.3, -0.25) is 9.59 Å². The van der Waals surface area contributed by atoms with Crippen LogP contribution in [0, 0.1) is 0 Å². The Morgan fingerprint density at radius 1 is 1.40 bits per heavy atom. The SMILES string of the molecule is CCc1n[nH]c(=O)c(CNC(=O)C[C@@H]2OCCc3ccsc32)c1CC. The second-order valence-electron chi connectivity index (χ2n) is 6.06. The van der Waals surface area contributed by atoms with Crippen LogP contribution in [0.5, 0.6) is 0 Å². The Labute approximate surface area is 150 Å². The fourth-order valence-corrected chi connectivity index (χ4v) is 4.27. The van der Waals surface area contributed by atoms with Gasteiger partial charge >= 0.3 is 0 Å². The van der Waals surface area contributed by atoms with Gasteiger partial charge in [-0.1, -0.05) is 13.8 Å². The van der Waals surface area contributed by atoms with Crippen LogP contribution in [0.1, 0.15) is 53.6 Å². The van der Waals surface area contributed by atoms with E-state index in [4.69, 9.17) is 4.74 Å². The largest absolute Gasteiger partial charge is 0.372 e. The zero-order chi connectivity index (χ0) is 17.8. The summed E-state index contributed by atoms with van der Waals surface area (Å²) in [5.41, 5.74) is 3.46. The molecule has 0 bridgehead atoms. The standard InChI is InChI=1S/C18H23N3O3S/c1-3-12-13(18(23)21-20-14(12)4-2)10-19-16(22)9-15-17-11(5-7-24-15)6-8-25-17/h6,8,15H,3-5,7,9-10H2,1-2H3,(H,19,22)(H,21,23)/t15-/m0/s1. The summed E-state index contributed by atoms with van der Waals surface area (Å²) in [7, 11) is 0. The van der Waals surface area contributed by atoms with Crippen LogP contribution in [0.25, 0.3) is 0 Å². The molecule has 7 heteroatoms. The number of carbonyl (C=O) groups excluding carboxylic acids is 1. The monoisotopic (exact) mass is 361 g/mol. The molecule has 2 aromatic heterocycles. The number of ether oxygens (including phenoxy) is 1. The van der Waals surface area contributed by atoms with Gasteiger partial charge in [0.05, 0.1) is 18.7 Å². The second kappa shape index (κ2) is 7.93. The zero-order valence-electron chi connectivity index (χ0n) is 14.6. The first-order valence-electron chi connectivity index (χ1n) is 8.67. The van der Waals surface area contributed by atoms with Gasteiger partial charge in [-0.25, -0.2) is 5.10 Å². The van der Waals surface area contributed by atoms with E-state index in [0.29, 0.717) is 12.2 Å². The maximum absolute atomic E-state index is 12.4. The number of rotatable bonds is 6. The molecule has 2 aromatic rings. The Balaban J connectivity index is 1.67. The van der Waals surface area contributed by atoms with Gasteiger partial charge in [0.1, 0.15) is 6.10 Å². The first kappa shape index (κ1) is 17.8. The summed E-state index contributed by atoms with van der Waals surface area (Å²) < 4.78 is 5.76. The average molecular weight is 361 g/mol. The number of nitrogens with zero attached hydrogens (tertiary/aromatic N) is 1. The predicted molar refractivity (Wildman–Crippen MR) is 96.8 cm³/mol. The number of carbonyl (C=O) groups is 1. The number of nitrogens with one attached hydrogen (secondary N) is 2. The van der Waals surface area contributed by atoms with E-state index < -0.39 is 0 Å². The number of hydrogen-bond donors (Lipinski definition) is 2. The molecule has 0 saturated carbocycles. The fourth-order valence-electron chi connectivity index (χ4n) is 3.26. The summed E-state index contributed by atoms with van der Waals surface area (Å²) in [6, 6.07) is 2.10. The molecular formula is C18H23N3O3S. The Kier molecular flexibility index (Phi) is 5.65. The molecule has 134 valence electrons. The van der Waals surface area contributed by atoms with Gasteiger partial charge in [0.25, 0.3) is 5.56 Å². The van der Waals surface area contributed by atoms with Crippen LogP contribution in [0.3, 0.4) is 0 Å². The third kappa shape index (κ3) is 3.82. The molecule has 0 radical (unpaired) electrons. The van der Waals surface area contributed by atoms with Crippen molar-refractivity contribution in [3.8, 4) is 0 Å². The first-order chi connectivity index (χ1) is 12.1. The predicted octanol–water partition coefficient (Wildman–Crippen LogP) is 2.28. The number of aryl methyl sites for hydroxylation is 1. The molecule has 0 spiro atoms. The van der Waals surface area contributed by atoms with E-state index in [-0.39, 0.29) is 30.5 Å². The number of thiophene rings is 1. The highest BCUT2D eigenvalue weighted by atomic mass is 32.1. The van der Waals surface area contributed by atoms with E-state index in [1.807, 2.05) is 19.2 Å². The normalized spacial score (nSPS) is 16.5. The molecule has 0 fully saturated rings. The van der Waals surface area contributed by atoms with Crippen LogP contribution in [0.2, 0.25) is 0 Å². The van der Waals surface area contributed by atoms with E-state index in [1.165, 1.54) is 5.56 Å². The van der Waals surface area contributed by atoms with Crippen LogP contribution in [0.4, 0.5) is 0 Å². The quantitative estimate of drug-likeness (QED) is 0.827. The summed E-state index contributed by atoms with van der Waals surface area (Å²) in [5.74, 6) is -0.109. The van der Waals surface area contributed by atoms with Gasteiger partial charge in [-0.15, -0.1) is 11.3 Å². The van der Waals surface area contributed by atoms with Crippen molar-refractivity contribution in [2.24, 2.45) is 0 Å². The van der Waals surface area contributed by atoms with E-state index in [0.717, 1.165) is 35.4 Å². The first-order valence-corrected chi connectivity index (χ1v) is 9.55. The highest BCUT2D eigenvalue weighted by Gasteiger charge is 2.24. The fraction of sp³-hybridized carbons (Fsp3) is 0.500. The van der Waals surface area contributed by atoms with Gasteiger partial charge in [-0.2, -0.15) is 5.10 Å². The Bertz CT molecular complexity index is 812. The molecule has 3 heterocycles. The van der Waals surface area contributed by atoms with E-state index in [9.17, 15) is 9.59 Å². The minimum absolute atomic E-state index is 0.109. The molecular weight excluding hydrogens is 338 g/mol. The van der Waals surface area contributed by atoms with Gasteiger partial charge in [-0.05, 0) is 41.8 Å². The maximum atomic E-state index is 12.4. The molecule has 1 atom stereocenters. The number of amides is 1. The molecule has 0 saturated heterocycles. The lowest BCUT2D eigenvalue weighted by atomic mass is 10.0. The second-order valence-corrected chi connectivity index (χ2v) is 7.01. The lowest BCUT2D eigenvalue weighted by molar-refractivity contribution is -0.124. The van der Waals surface area contributed by atoms with Gasteiger partial charge in [0.2, 0.25) is 5.91 Å². The third-order valence-electron chi connectivity index (χ3n) is 4.56. The molecule has 1 aliphatic rings. The molecule has 3 rings (SSSR count). The van der Waals surface area contributed by atoms with Crippen molar-refractivity contribution in [3.63, 3.8) is 0 Å². The van der Waals surface area contributed by atoms with Crippen molar-refractivity contribution in [1.82, 2.24) is 15.5 Å². The van der Waals surface area contributed by atoms with E-state index in [1.54, 1.807) is 11.3 Å². The number of aromatic nitrogens is 2. The van der Waals surface area contributed by atoms with Crippen molar-refractivity contribution in [2.45, 2.75) is 52.2 Å². The molecule has 1 amide bonds. The van der Waals surface area contributed by atoms with E-state index in [2.05, 4.69) is 21.6 Å². The summed E-state index contributed by atoms with van der Waals surface area (Å²) in [6.07, 6.45) is 2.46. The molecule has 25 heavy (non-hydrogen) atoms. The summed E-state index contributed by atoms with van der Waals surface area (Å²) >= 11 is 1.64. The van der Waals surface area contributed by atoms with Crippen LogP contribution < -0.4 is 10.9 Å². The highest BCUT2D eigenvalue weighted by molar-refractivity contribution is 7.10. The zero-order valence-corrected chi connectivity index (χ0v) is 15.4. The summed E-state index contributed by atoms with van der Waals surface area (Å²) in [4.78, 5) is 25.6. The van der Waals surface area contributed by atoms with Crippen molar-refractivity contribution in [1.29, 1.82) is 0 Å². The molecule has 2 N–H and O–H groups in total. The van der Waals surface area contributed by atoms with Gasteiger partial charge < -0.3 is 10.1 Å². The number of fused-ring (bicyclic) bond motifs is 1. The summed E-state index contributed by atoms with van der Waals surface area (Å²) in [6.45, 7) is 4.86. The molecule has 1 aliphatic heterocycles. The molecule has 6 nitrogen and oxygen atoms in total. The smallest absolute Gasteiger partial charge is 0.269 e. The maximum Gasteiger partial charge on any atom is 0.269 e. The van der Waals surface area contributed by atoms with Crippen LogP contribution >= 0.6 is 11.3 Å². The lowest BCUT2D eigenvalue weighted by Gasteiger charge is -2.22. The Hall–Kier alpha value is -1.99. The third-order valence-corrected chi connectivity index (χ3v) is 5.62. The lowest BCUT2D eigenvalue weighted by Crippen LogP contribution is -2.31. The van der Waals surface area contributed by atoms with E-state index >= 15 is 0 Å². The number of aromatic amines is 1. The average Bonchev–Trinajstić information content (AvgIpc) is 3.10. The van der Waals surface area contributed by atoms with Crippen molar-refractivity contribution >= 4 is 17.2 Å². The number of hydrogen-bond acceptors (Lipinski definition) is 5. The number of H-pyrrole nitrogens is 1. The minimum Gasteiger partial charge on any atom is -0.372 e. The van der Waals surface area contributed by atoms with Crippen molar-refractivity contribution in [2.75, 3.05) is 6.61 Å². The summed E-state index contributed by atoms with van der Waals surface area (Å²) in [5, 5.41) is 11.5. The molecule has 0 unspecified atom stereocenters. The van der Waals surface area contributed by atoms with Crippen molar-refractivity contribution in [3.05, 3.63) is 49.1 Å².